The van der Waals surface area contributed by atoms with Crippen LogP contribution in [0.1, 0.15) is 53.5 Å². The first-order valence-electron chi connectivity index (χ1n) is 6.04. The average molecular weight is 223 g/mol. The molecule has 0 atom stereocenters. The summed E-state index contributed by atoms with van der Waals surface area (Å²) in [4.78, 5) is 0. The van der Waals surface area contributed by atoms with Crippen LogP contribution in [0, 0.1) is 0 Å². The van der Waals surface area contributed by atoms with Crippen molar-refractivity contribution in [2.45, 2.75) is 65.6 Å². The second kappa shape index (κ2) is 4.58. The molecular weight excluding hydrogens is 198 g/mol. The van der Waals surface area contributed by atoms with Crippen molar-refractivity contribution >= 4 is 0 Å². The molecule has 16 heavy (non-hydrogen) atoms. The fraction of sp³-hybridized carbons (Fsp3) is 0.769. The van der Waals surface area contributed by atoms with Crippen molar-refractivity contribution in [3.8, 4) is 0 Å². The average Bonchev–Trinajstić information content (AvgIpc) is 2.63. The van der Waals surface area contributed by atoms with Gasteiger partial charge in [0.05, 0.1) is 11.7 Å². The fourth-order valence-corrected chi connectivity index (χ4v) is 1.28. The van der Waals surface area contributed by atoms with Gasteiger partial charge in [0.1, 0.15) is 0 Å². The molecule has 0 fully saturated rings. The van der Waals surface area contributed by atoms with Crippen LogP contribution in [0.15, 0.2) is 12.4 Å². The van der Waals surface area contributed by atoms with Gasteiger partial charge in [-0.2, -0.15) is 5.10 Å². The SMILES string of the molecule is CCC(C)(C)NCc1cnn(C(C)(C)C)c1. The lowest BCUT2D eigenvalue weighted by Gasteiger charge is -2.24. The summed E-state index contributed by atoms with van der Waals surface area (Å²) in [6.45, 7) is 14.0. The van der Waals surface area contributed by atoms with E-state index in [-0.39, 0.29) is 11.1 Å². The second-order valence-electron chi connectivity index (χ2n) is 6.05. The molecule has 0 radical (unpaired) electrons. The highest BCUT2D eigenvalue weighted by Crippen LogP contribution is 2.14. The summed E-state index contributed by atoms with van der Waals surface area (Å²) in [6.07, 6.45) is 5.20. The highest BCUT2D eigenvalue weighted by Gasteiger charge is 2.16. The summed E-state index contributed by atoms with van der Waals surface area (Å²) >= 11 is 0. The Hall–Kier alpha value is -0.830. The molecule has 3 heteroatoms. The van der Waals surface area contributed by atoms with Crippen LogP contribution < -0.4 is 5.32 Å². The van der Waals surface area contributed by atoms with Gasteiger partial charge >= 0.3 is 0 Å². The highest BCUT2D eigenvalue weighted by atomic mass is 15.3. The van der Waals surface area contributed by atoms with E-state index in [1.54, 1.807) is 0 Å². The molecule has 0 aromatic carbocycles. The Morgan fingerprint density at radius 3 is 2.31 bits per heavy atom. The molecule has 1 aromatic heterocycles. The monoisotopic (exact) mass is 223 g/mol. The van der Waals surface area contributed by atoms with Crippen LogP contribution in [0.4, 0.5) is 0 Å². The minimum Gasteiger partial charge on any atom is -0.308 e. The molecule has 0 aliphatic carbocycles. The summed E-state index contributed by atoms with van der Waals surface area (Å²) in [5.74, 6) is 0. The van der Waals surface area contributed by atoms with Crippen LogP contribution in [-0.4, -0.2) is 15.3 Å². The standard InChI is InChI=1S/C13H25N3/c1-7-13(5,6)14-8-11-9-15-16(10-11)12(2,3)4/h9-10,14H,7-8H2,1-6H3. The molecule has 0 saturated heterocycles. The lowest BCUT2D eigenvalue weighted by molar-refractivity contribution is 0.354. The number of hydrogen-bond donors (Lipinski definition) is 1. The van der Waals surface area contributed by atoms with Crippen LogP contribution in [0.2, 0.25) is 0 Å². The zero-order chi connectivity index (χ0) is 12.4. The predicted molar refractivity (Wildman–Crippen MR) is 68.4 cm³/mol. The van der Waals surface area contributed by atoms with E-state index in [9.17, 15) is 0 Å². The van der Waals surface area contributed by atoms with E-state index >= 15 is 0 Å². The van der Waals surface area contributed by atoms with E-state index in [2.05, 4.69) is 58.2 Å². The third-order valence-electron chi connectivity index (χ3n) is 2.98. The van der Waals surface area contributed by atoms with Crippen LogP contribution in [0.5, 0.6) is 0 Å². The van der Waals surface area contributed by atoms with Gasteiger partial charge < -0.3 is 5.32 Å². The topological polar surface area (TPSA) is 29.9 Å². The molecule has 1 heterocycles. The Morgan fingerprint density at radius 2 is 1.88 bits per heavy atom. The second-order valence-corrected chi connectivity index (χ2v) is 6.05. The Labute approximate surface area is 99.2 Å². The third kappa shape index (κ3) is 3.63. The maximum Gasteiger partial charge on any atom is 0.0543 e. The van der Waals surface area contributed by atoms with E-state index in [0.29, 0.717) is 0 Å². The molecule has 1 aromatic rings. The summed E-state index contributed by atoms with van der Waals surface area (Å²) in [6, 6.07) is 0. The lowest BCUT2D eigenvalue weighted by atomic mass is 10.0. The Morgan fingerprint density at radius 1 is 1.25 bits per heavy atom. The zero-order valence-corrected chi connectivity index (χ0v) is 11.5. The largest absolute Gasteiger partial charge is 0.308 e. The number of nitrogens with one attached hydrogen (secondary N) is 1. The van der Waals surface area contributed by atoms with Crippen molar-refractivity contribution in [1.29, 1.82) is 0 Å². The molecule has 0 spiro atoms. The van der Waals surface area contributed by atoms with Crippen molar-refractivity contribution in [3.63, 3.8) is 0 Å². The molecule has 0 saturated carbocycles. The van der Waals surface area contributed by atoms with Gasteiger partial charge in [0.25, 0.3) is 0 Å². The number of nitrogens with zero attached hydrogens (tertiary/aromatic N) is 2. The van der Waals surface area contributed by atoms with Crippen molar-refractivity contribution in [2.75, 3.05) is 0 Å². The molecular formula is C13H25N3. The van der Waals surface area contributed by atoms with E-state index in [1.165, 1.54) is 5.56 Å². The Balaban J connectivity index is 2.60. The molecule has 3 nitrogen and oxygen atoms in total. The lowest BCUT2D eigenvalue weighted by Crippen LogP contribution is -2.37. The van der Waals surface area contributed by atoms with Crippen molar-refractivity contribution in [1.82, 2.24) is 15.1 Å². The van der Waals surface area contributed by atoms with Crippen molar-refractivity contribution in [2.24, 2.45) is 0 Å². The van der Waals surface area contributed by atoms with E-state index in [4.69, 9.17) is 0 Å². The molecule has 0 bridgehead atoms. The zero-order valence-electron chi connectivity index (χ0n) is 11.5. The van der Waals surface area contributed by atoms with Gasteiger partial charge in [0.2, 0.25) is 0 Å². The molecule has 92 valence electrons. The van der Waals surface area contributed by atoms with Gasteiger partial charge in [-0.25, -0.2) is 0 Å². The fourth-order valence-electron chi connectivity index (χ4n) is 1.28. The van der Waals surface area contributed by atoms with E-state index in [1.807, 2.05) is 10.9 Å². The van der Waals surface area contributed by atoms with Gasteiger partial charge in [-0.05, 0) is 41.0 Å². The van der Waals surface area contributed by atoms with Crippen molar-refractivity contribution < 1.29 is 0 Å². The van der Waals surface area contributed by atoms with Crippen molar-refractivity contribution in [3.05, 3.63) is 18.0 Å². The van der Waals surface area contributed by atoms with Gasteiger partial charge in [-0.1, -0.05) is 6.92 Å². The van der Waals surface area contributed by atoms with Gasteiger partial charge in [0, 0.05) is 23.8 Å². The van der Waals surface area contributed by atoms with Gasteiger partial charge in [-0.3, -0.25) is 4.68 Å². The molecule has 0 aliphatic rings. The quantitative estimate of drug-likeness (QED) is 0.850. The molecule has 1 rings (SSSR count). The maximum atomic E-state index is 4.39. The summed E-state index contributed by atoms with van der Waals surface area (Å²) in [7, 11) is 0. The minimum absolute atomic E-state index is 0.0680. The first kappa shape index (κ1) is 13.2. The molecule has 1 N–H and O–H groups in total. The Kier molecular flexibility index (Phi) is 3.79. The molecule has 0 unspecified atom stereocenters. The van der Waals surface area contributed by atoms with E-state index in [0.717, 1.165) is 13.0 Å². The maximum absolute atomic E-state index is 4.39. The summed E-state index contributed by atoms with van der Waals surface area (Å²) < 4.78 is 2.02. The van der Waals surface area contributed by atoms with Gasteiger partial charge in [0.15, 0.2) is 0 Å². The molecule has 0 amide bonds. The van der Waals surface area contributed by atoms with Crippen LogP contribution >= 0.6 is 0 Å². The normalized spacial score (nSPS) is 13.1. The summed E-state index contributed by atoms with van der Waals surface area (Å²) in [5, 5.41) is 7.93. The van der Waals surface area contributed by atoms with Gasteiger partial charge in [-0.15, -0.1) is 0 Å². The number of rotatable bonds is 4. The minimum atomic E-state index is 0.0680. The number of hydrogen-bond acceptors (Lipinski definition) is 2. The van der Waals surface area contributed by atoms with Crippen LogP contribution in [0.3, 0.4) is 0 Å². The Bertz CT molecular complexity index is 331. The third-order valence-corrected chi connectivity index (χ3v) is 2.98. The first-order valence-corrected chi connectivity index (χ1v) is 6.04. The van der Waals surface area contributed by atoms with Crippen LogP contribution in [-0.2, 0) is 12.1 Å². The summed E-state index contributed by atoms with van der Waals surface area (Å²) in [5.41, 5.74) is 1.51. The van der Waals surface area contributed by atoms with E-state index < -0.39 is 0 Å². The number of aromatic nitrogens is 2. The molecule has 0 aliphatic heterocycles. The smallest absolute Gasteiger partial charge is 0.0543 e. The predicted octanol–water partition coefficient (Wildman–Crippen LogP) is 2.92. The highest BCUT2D eigenvalue weighted by molar-refractivity contribution is 5.05. The van der Waals surface area contributed by atoms with Crippen LogP contribution in [0.25, 0.3) is 0 Å². The first-order chi connectivity index (χ1) is 7.24.